The van der Waals surface area contributed by atoms with E-state index < -0.39 is 5.60 Å². The summed E-state index contributed by atoms with van der Waals surface area (Å²) in [6.45, 7) is 8.60. The molecular formula is C15H32O. The van der Waals surface area contributed by atoms with Gasteiger partial charge in [0.2, 0.25) is 0 Å². The van der Waals surface area contributed by atoms with Crippen LogP contribution in [0.3, 0.4) is 0 Å². The maximum absolute atomic E-state index is 10.1. The monoisotopic (exact) mass is 228 g/mol. The molecule has 0 aliphatic heterocycles. The average Bonchev–Trinajstić information content (AvgIpc) is 2.14. The van der Waals surface area contributed by atoms with E-state index in [-0.39, 0.29) is 0 Å². The number of hydrogen-bond donors (Lipinski definition) is 1. The van der Waals surface area contributed by atoms with Crippen LogP contribution in [0.1, 0.15) is 85.5 Å². The fourth-order valence-corrected chi connectivity index (χ4v) is 2.44. The van der Waals surface area contributed by atoms with E-state index in [1.54, 1.807) is 0 Å². The van der Waals surface area contributed by atoms with Gasteiger partial charge in [-0.15, -0.1) is 0 Å². The zero-order valence-corrected chi connectivity index (χ0v) is 11.9. The van der Waals surface area contributed by atoms with E-state index in [4.69, 9.17) is 0 Å². The molecule has 16 heavy (non-hydrogen) atoms. The van der Waals surface area contributed by atoms with E-state index in [0.29, 0.717) is 5.92 Å². The molecule has 1 N–H and O–H groups in total. The van der Waals surface area contributed by atoms with E-state index in [2.05, 4.69) is 20.8 Å². The molecule has 0 aromatic carbocycles. The molecule has 1 nitrogen and oxygen atoms in total. The summed E-state index contributed by atoms with van der Waals surface area (Å²) in [7, 11) is 0. The molecule has 0 heterocycles. The molecule has 1 atom stereocenters. The molecule has 1 heteroatoms. The predicted octanol–water partition coefficient (Wildman–Crippen LogP) is 4.92. The summed E-state index contributed by atoms with van der Waals surface area (Å²) in [5, 5.41) is 10.1. The van der Waals surface area contributed by atoms with Gasteiger partial charge in [0.25, 0.3) is 0 Å². The normalized spacial score (nSPS) is 15.4. The Labute approximate surface area is 103 Å². The predicted molar refractivity (Wildman–Crippen MR) is 72.7 cm³/mol. The molecule has 0 aliphatic carbocycles. The zero-order chi connectivity index (χ0) is 12.4. The summed E-state index contributed by atoms with van der Waals surface area (Å²) in [5.41, 5.74) is -0.433. The number of hydrogen-bond acceptors (Lipinski definition) is 1. The van der Waals surface area contributed by atoms with E-state index in [9.17, 15) is 5.11 Å². The van der Waals surface area contributed by atoms with E-state index in [1.165, 1.54) is 44.9 Å². The van der Waals surface area contributed by atoms with Gasteiger partial charge in [0.05, 0.1) is 5.60 Å². The van der Waals surface area contributed by atoms with Crippen LogP contribution in [0.15, 0.2) is 0 Å². The van der Waals surface area contributed by atoms with Gasteiger partial charge in [-0.2, -0.15) is 0 Å². The van der Waals surface area contributed by atoms with Crippen molar-refractivity contribution in [3.63, 3.8) is 0 Å². The van der Waals surface area contributed by atoms with Crippen molar-refractivity contribution in [1.82, 2.24) is 0 Å². The molecule has 0 saturated carbocycles. The lowest BCUT2D eigenvalue weighted by atomic mass is 9.89. The molecule has 1 unspecified atom stereocenters. The average molecular weight is 228 g/mol. The molecule has 0 fully saturated rings. The summed E-state index contributed by atoms with van der Waals surface area (Å²) in [4.78, 5) is 0. The minimum absolute atomic E-state index is 0.433. The van der Waals surface area contributed by atoms with Crippen LogP contribution in [-0.2, 0) is 0 Å². The topological polar surface area (TPSA) is 20.2 Å². The van der Waals surface area contributed by atoms with Crippen molar-refractivity contribution in [1.29, 1.82) is 0 Å². The molecule has 0 aromatic rings. The Morgan fingerprint density at radius 2 is 1.44 bits per heavy atom. The van der Waals surface area contributed by atoms with Crippen LogP contribution in [0.4, 0.5) is 0 Å². The number of rotatable bonds is 10. The van der Waals surface area contributed by atoms with Crippen molar-refractivity contribution in [3.05, 3.63) is 0 Å². The van der Waals surface area contributed by atoms with Crippen LogP contribution in [0.2, 0.25) is 0 Å². The van der Waals surface area contributed by atoms with Crippen molar-refractivity contribution < 1.29 is 5.11 Å². The van der Waals surface area contributed by atoms with Crippen molar-refractivity contribution in [2.75, 3.05) is 0 Å². The lowest BCUT2D eigenvalue weighted by Gasteiger charge is -2.25. The van der Waals surface area contributed by atoms with Gasteiger partial charge in [-0.25, -0.2) is 0 Å². The third-order valence-electron chi connectivity index (χ3n) is 3.17. The third kappa shape index (κ3) is 10.5. The number of aliphatic hydroxyl groups is 1. The van der Waals surface area contributed by atoms with Gasteiger partial charge in [0, 0.05) is 0 Å². The molecule has 0 saturated heterocycles. The Morgan fingerprint density at radius 3 is 1.94 bits per heavy atom. The highest BCUT2D eigenvalue weighted by Crippen LogP contribution is 2.23. The highest BCUT2D eigenvalue weighted by Gasteiger charge is 2.20. The first-order valence-corrected chi connectivity index (χ1v) is 7.20. The summed E-state index contributed by atoms with van der Waals surface area (Å²) >= 11 is 0. The van der Waals surface area contributed by atoms with Crippen LogP contribution >= 0.6 is 0 Å². The van der Waals surface area contributed by atoms with Gasteiger partial charge < -0.3 is 5.11 Å². The highest BCUT2D eigenvalue weighted by molar-refractivity contribution is 4.73. The fraction of sp³-hybridized carbons (Fsp3) is 1.00. The summed E-state index contributed by atoms with van der Waals surface area (Å²) in [5.74, 6) is 0.597. The molecule has 0 bridgehead atoms. The van der Waals surface area contributed by atoms with Crippen molar-refractivity contribution in [2.24, 2.45) is 5.92 Å². The summed E-state index contributed by atoms with van der Waals surface area (Å²) in [6.07, 6.45) is 11.2. The molecule has 0 aliphatic rings. The number of unbranched alkanes of at least 4 members (excludes halogenated alkanes) is 6. The Kier molecular flexibility index (Phi) is 9.02. The summed E-state index contributed by atoms with van der Waals surface area (Å²) in [6, 6.07) is 0. The van der Waals surface area contributed by atoms with Crippen molar-refractivity contribution >= 4 is 0 Å². The van der Waals surface area contributed by atoms with Crippen molar-refractivity contribution in [2.45, 2.75) is 91.1 Å². The van der Waals surface area contributed by atoms with Crippen LogP contribution in [-0.4, -0.2) is 10.7 Å². The Morgan fingerprint density at radius 1 is 0.938 bits per heavy atom. The quantitative estimate of drug-likeness (QED) is 0.526. The van der Waals surface area contributed by atoms with E-state index >= 15 is 0 Å². The van der Waals surface area contributed by atoms with Gasteiger partial charge in [0.1, 0.15) is 0 Å². The second-order valence-corrected chi connectivity index (χ2v) is 5.97. The van der Waals surface area contributed by atoms with Gasteiger partial charge in [-0.3, -0.25) is 0 Å². The first kappa shape index (κ1) is 16.0. The molecule has 0 spiro atoms. The first-order valence-electron chi connectivity index (χ1n) is 7.20. The second kappa shape index (κ2) is 9.04. The third-order valence-corrected chi connectivity index (χ3v) is 3.17. The van der Waals surface area contributed by atoms with Crippen molar-refractivity contribution in [3.8, 4) is 0 Å². The Hall–Kier alpha value is -0.0400. The van der Waals surface area contributed by atoms with Crippen LogP contribution in [0.25, 0.3) is 0 Å². The van der Waals surface area contributed by atoms with E-state index in [0.717, 1.165) is 12.8 Å². The van der Waals surface area contributed by atoms with Gasteiger partial charge in [-0.05, 0) is 25.7 Å². The maximum atomic E-state index is 10.1. The standard InChI is InChI=1S/C15H32O/c1-5-6-7-8-9-10-11-12-15(4,16)13-14(2)3/h14,16H,5-13H2,1-4H3. The molecule has 0 rings (SSSR count). The SMILES string of the molecule is CCCCCCCCCC(C)(O)CC(C)C. The Balaban J connectivity index is 3.36. The minimum atomic E-state index is -0.433. The van der Waals surface area contributed by atoms with Crippen LogP contribution in [0.5, 0.6) is 0 Å². The smallest absolute Gasteiger partial charge is 0.0622 e. The summed E-state index contributed by atoms with van der Waals surface area (Å²) < 4.78 is 0. The Bertz CT molecular complexity index is 150. The maximum Gasteiger partial charge on any atom is 0.0622 e. The first-order chi connectivity index (χ1) is 7.48. The molecular weight excluding hydrogens is 196 g/mol. The molecule has 98 valence electrons. The largest absolute Gasteiger partial charge is 0.390 e. The lowest BCUT2D eigenvalue weighted by molar-refractivity contribution is 0.0274. The molecule has 0 radical (unpaired) electrons. The second-order valence-electron chi connectivity index (χ2n) is 5.97. The minimum Gasteiger partial charge on any atom is -0.390 e. The fourth-order valence-electron chi connectivity index (χ4n) is 2.44. The van der Waals surface area contributed by atoms with Gasteiger partial charge in [-0.1, -0.05) is 65.7 Å². The van der Waals surface area contributed by atoms with E-state index in [1.807, 2.05) is 6.92 Å². The van der Waals surface area contributed by atoms with Crippen LogP contribution < -0.4 is 0 Å². The highest BCUT2D eigenvalue weighted by atomic mass is 16.3. The van der Waals surface area contributed by atoms with Crippen LogP contribution in [0, 0.1) is 5.92 Å². The molecule has 0 amide bonds. The molecule has 0 aromatic heterocycles. The zero-order valence-electron chi connectivity index (χ0n) is 11.9. The van der Waals surface area contributed by atoms with Gasteiger partial charge in [0.15, 0.2) is 0 Å². The van der Waals surface area contributed by atoms with Gasteiger partial charge >= 0.3 is 0 Å². The lowest BCUT2D eigenvalue weighted by Crippen LogP contribution is -2.25.